The number of rotatable bonds is 5. The first-order valence-corrected chi connectivity index (χ1v) is 6.72. The zero-order valence-corrected chi connectivity index (χ0v) is 11.7. The Bertz CT molecular complexity index is 497. The Balaban J connectivity index is 2.02. The molecule has 96 valence electrons. The summed E-state index contributed by atoms with van der Waals surface area (Å²) < 4.78 is 2.22. The molecule has 2 rings (SSSR count). The molecule has 0 aliphatic heterocycles. The minimum atomic E-state index is 0.781. The highest BCUT2D eigenvalue weighted by molar-refractivity contribution is 6.33. The lowest BCUT2D eigenvalue weighted by Crippen LogP contribution is -2.01. The Labute approximate surface area is 114 Å². The van der Waals surface area contributed by atoms with E-state index in [0.717, 1.165) is 30.2 Å². The van der Waals surface area contributed by atoms with Crippen LogP contribution in [0.4, 0.5) is 5.69 Å². The molecule has 0 radical (unpaired) electrons. The SMILES string of the molecule is CCCn1ccc(CNc2c(C)cccc2Cl)c1. The van der Waals surface area contributed by atoms with Crippen LogP contribution in [-0.2, 0) is 13.1 Å². The zero-order valence-electron chi connectivity index (χ0n) is 10.9. The van der Waals surface area contributed by atoms with Crippen LogP contribution >= 0.6 is 11.6 Å². The number of aryl methyl sites for hydroxylation is 2. The first kappa shape index (κ1) is 13.0. The number of nitrogens with zero attached hydrogens (tertiary/aromatic N) is 1. The summed E-state index contributed by atoms with van der Waals surface area (Å²) >= 11 is 6.18. The van der Waals surface area contributed by atoms with Crippen molar-refractivity contribution in [2.24, 2.45) is 0 Å². The summed E-state index contributed by atoms with van der Waals surface area (Å²) in [5.74, 6) is 0. The highest BCUT2D eigenvalue weighted by Crippen LogP contribution is 2.25. The summed E-state index contributed by atoms with van der Waals surface area (Å²) in [7, 11) is 0. The highest BCUT2D eigenvalue weighted by Gasteiger charge is 2.03. The summed E-state index contributed by atoms with van der Waals surface area (Å²) in [6.45, 7) is 6.13. The van der Waals surface area contributed by atoms with E-state index in [1.165, 1.54) is 11.1 Å². The van der Waals surface area contributed by atoms with E-state index >= 15 is 0 Å². The molecule has 0 fully saturated rings. The van der Waals surface area contributed by atoms with Crippen LogP contribution in [0.25, 0.3) is 0 Å². The van der Waals surface area contributed by atoms with E-state index in [4.69, 9.17) is 11.6 Å². The number of halogens is 1. The fourth-order valence-electron chi connectivity index (χ4n) is 2.04. The van der Waals surface area contributed by atoms with Crippen molar-refractivity contribution in [2.75, 3.05) is 5.32 Å². The Morgan fingerprint density at radius 1 is 1.28 bits per heavy atom. The van der Waals surface area contributed by atoms with Gasteiger partial charge in [0.25, 0.3) is 0 Å². The molecule has 0 aliphatic carbocycles. The molecule has 0 atom stereocenters. The average Bonchev–Trinajstić information content (AvgIpc) is 2.77. The van der Waals surface area contributed by atoms with E-state index < -0.39 is 0 Å². The van der Waals surface area contributed by atoms with Gasteiger partial charge >= 0.3 is 0 Å². The lowest BCUT2D eigenvalue weighted by molar-refractivity contribution is 0.681. The van der Waals surface area contributed by atoms with E-state index in [2.05, 4.69) is 48.3 Å². The van der Waals surface area contributed by atoms with E-state index in [1.54, 1.807) is 0 Å². The predicted molar refractivity (Wildman–Crippen MR) is 78.2 cm³/mol. The van der Waals surface area contributed by atoms with Crippen molar-refractivity contribution >= 4 is 17.3 Å². The summed E-state index contributed by atoms with van der Waals surface area (Å²) in [5, 5.41) is 4.19. The molecule has 0 saturated heterocycles. The molecule has 18 heavy (non-hydrogen) atoms. The summed E-state index contributed by atoms with van der Waals surface area (Å²) in [6, 6.07) is 8.10. The van der Waals surface area contributed by atoms with Crippen molar-refractivity contribution in [3.8, 4) is 0 Å². The smallest absolute Gasteiger partial charge is 0.0640 e. The minimum Gasteiger partial charge on any atom is -0.379 e. The molecule has 3 heteroatoms. The lowest BCUT2D eigenvalue weighted by atomic mass is 10.2. The molecule has 0 saturated carbocycles. The maximum atomic E-state index is 6.18. The van der Waals surface area contributed by atoms with Crippen LogP contribution < -0.4 is 5.32 Å². The van der Waals surface area contributed by atoms with Crippen LogP contribution in [0.1, 0.15) is 24.5 Å². The third-order valence-corrected chi connectivity index (χ3v) is 3.30. The van der Waals surface area contributed by atoms with Gasteiger partial charge in [-0.2, -0.15) is 0 Å². The normalized spacial score (nSPS) is 10.6. The van der Waals surface area contributed by atoms with Gasteiger partial charge in [0.15, 0.2) is 0 Å². The Morgan fingerprint density at radius 3 is 2.83 bits per heavy atom. The Hall–Kier alpha value is -1.41. The number of hydrogen-bond donors (Lipinski definition) is 1. The van der Waals surface area contributed by atoms with Crippen LogP contribution in [0.5, 0.6) is 0 Å². The van der Waals surface area contributed by atoms with Crippen LogP contribution in [0.2, 0.25) is 5.02 Å². The van der Waals surface area contributed by atoms with Gasteiger partial charge in [-0.15, -0.1) is 0 Å². The highest BCUT2D eigenvalue weighted by atomic mass is 35.5. The number of aromatic nitrogens is 1. The number of nitrogens with one attached hydrogen (secondary N) is 1. The van der Waals surface area contributed by atoms with Gasteiger partial charge in [-0.3, -0.25) is 0 Å². The molecule has 0 aliphatic rings. The lowest BCUT2D eigenvalue weighted by Gasteiger charge is -2.10. The van der Waals surface area contributed by atoms with Gasteiger partial charge in [0.05, 0.1) is 10.7 Å². The first-order chi connectivity index (χ1) is 8.70. The molecule has 1 N–H and O–H groups in total. The summed E-state index contributed by atoms with van der Waals surface area (Å²) in [6.07, 6.45) is 5.47. The number of anilines is 1. The molecule has 0 unspecified atom stereocenters. The molecule has 0 bridgehead atoms. The number of benzene rings is 1. The molecule has 0 amide bonds. The second-order valence-corrected chi connectivity index (χ2v) is 4.95. The second-order valence-electron chi connectivity index (χ2n) is 4.54. The average molecular weight is 263 g/mol. The third-order valence-electron chi connectivity index (χ3n) is 2.98. The van der Waals surface area contributed by atoms with E-state index in [0.29, 0.717) is 0 Å². The topological polar surface area (TPSA) is 17.0 Å². The molecule has 2 nitrogen and oxygen atoms in total. The van der Waals surface area contributed by atoms with Gasteiger partial charge in [-0.05, 0) is 36.6 Å². The largest absolute Gasteiger partial charge is 0.379 e. The van der Waals surface area contributed by atoms with Gasteiger partial charge < -0.3 is 9.88 Å². The first-order valence-electron chi connectivity index (χ1n) is 6.34. The number of para-hydroxylation sites is 1. The fraction of sp³-hybridized carbons (Fsp3) is 0.333. The van der Waals surface area contributed by atoms with Crippen molar-refractivity contribution < 1.29 is 0 Å². The Morgan fingerprint density at radius 2 is 2.11 bits per heavy atom. The van der Waals surface area contributed by atoms with Crippen LogP contribution in [0.15, 0.2) is 36.7 Å². The van der Waals surface area contributed by atoms with Crippen molar-refractivity contribution in [2.45, 2.75) is 33.4 Å². The minimum absolute atomic E-state index is 0.781. The van der Waals surface area contributed by atoms with Crippen molar-refractivity contribution in [1.82, 2.24) is 4.57 Å². The van der Waals surface area contributed by atoms with E-state index in [1.807, 2.05) is 12.1 Å². The molecular formula is C15H19ClN2. The number of hydrogen-bond acceptors (Lipinski definition) is 1. The Kier molecular flexibility index (Phi) is 4.32. The van der Waals surface area contributed by atoms with Crippen molar-refractivity contribution in [3.05, 3.63) is 52.8 Å². The zero-order chi connectivity index (χ0) is 13.0. The van der Waals surface area contributed by atoms with Gasteiger partial charge in [0.1, 0.15) is 0 Å². The fourth-order valence-corrected chi connectivity index (χ4v) is 2.33. The molecule has 1 aromatic carbocycles. The van der Waals surface area contributed by atoms with Crippen molar-refractivity contribution in [3.63, 3.8) is 0 Å². The quantitative estimate of drug-likeness (QED) is 0.841. The van der Waals surface area contributed by atoms with Crippen LogP contribution in [-0.4, -0.2) is 4.57 Å². The van der Waals surface area contributed by atoms with Gasteiger partial charge in [-0.25, -0.2) is 0 Å². The summed E-state index contributed by atoms with van der Waals surface area (Å²) in [4.78, 5) is 0. The van der Waals surface area contributed by atoms with Gasteiger partial charge in [-0.1, -0.05) is 30.7 Å². The third kappa shape index (κ3) is 3.08. The monoisotopic (exact) mass is 262 g/mol. The van der Waals surface area contributed by atoms with Gasteiger partial charge in [0.2, 0.25) is 0 Å². The molecule has 0 spiro atoms. The summed E-state index contributed by atoms with van der Waals surface area (Å²) in [5.41, 5.74) is 3.49. The maximum absolute atomic E-state index is 6.18. The molecule has 2 aromatic rings. The molecule has 1 aromatic heterocycles. The van der Waals surface area contributed by atoms with Crippen LogP contribution in [0, 0.1) is 6.92 Å². The maximum Gasteiger partial charge on any atom is 0.0640 e. The van der Waals surface area contributed by atoms with Crippen LogP contribution in [0.3, 0.4) is 0 Å². The molecule has 1 heterocycles. The van der Waals surface area contributed by atoms with E-state index in [9.17, 15) is 0 Å². The molecular weight excluding hydrogens is 244 g/mol. The second kappa shape index (κ2) is 5.96. The predicted octanol–water partition coefficient (Wildman–Crippen LogP) is 4.47. The standard InChI is InChI=1S/C15H19ClN2/c1-3-8-18-9-7-13(11-18)10-17-15-12(2)5-4-6-14(15)16/h4-7,9,11,17H,3,8,10H2,1-2H3. The van der Waals surface area contributed by atoms with E-state index in [-0.39, 0.29) is 0 Å². The van der Waals surface area contributed by atoms with Crippen molar-refractivity contribution in [1.29, 1.82) is 0 Å². The van der Waals surface area contributed by atoms with Gasteiger partial charge in [0, 0.05) is 25.5 Å².